The second-order valence-electron chi connectivity index (χ2n) is 6.95. The van der Waals surface area contributed by atoms with Crippen molar-refractivity contribution >= 4 is 20.6 Å². The van der Waals surface area contributed by atoms with E-state index in [0.29, 0.717) is 9.62 Å². The van der Waals surface area contributed by atoms with Gasteiger partial charge in [0, 0.05) is 4.37 Å². The predicted molar refractivity (Wildman–Crippen MR) is 88.9 cm³/mol. The first kappa shape index (κ1) is 16.1. The molecular weight excluding hydrogens is 252 g/mol. The van der Waals surface area contributed by atoms with E-state index in [1.807, 2.05) is 0 Å². The van der Waals surface area contributed by atoms with Gasteiger partial charge in [0.1, 0.15) is 0 Å². The summed E-state index contributed by atoms with van der Waals surface area (Å²) >= 11 is 2.20. The van der Waals surface area contributed by atoms with Crippen molar-refractivity contribution in [2.45, 2.75) is 70.7 Å². The van der Waals surface area contributed by atoms with Crippen LogP contribution in [0.15, 0.2) is 23.3 Å². The Kier molecular flexibility index (Phi) is 4.99. The van der Waals surface area contributed by atoms with Gasteiger partial charge in [0.15, 0.2) is 0 Å². The molecule has 1 atom stereocenters. The van der Waals surface area contributed by atoms with E-state index in [2.05, 4.69) is 78.6 Å². The van der Waals surface area contributed by atoms with Crippen LogP contribution in [0, 0.1) is 5.41 Å². The second-order valence-corrected chi connectivity index (χ2v) is 12.0. The third kappa shape index (κ3) is 3.33. The molecule has 0 aromatic carbocycles. The molecular formula is C16H29SSi. The van der Waals surface area contributed by atoms with Gasteiger partial charge < -0.3 is 0 Å². The van der Waals surface area contributed by atoms with Gasteiger partial charge in [0.25, 0.3) is 0 Å². The van der Waals surface area contributed by atoms with Crippen molar-refractivity contribution in [1.29, 1.82) is 0 Å². The third-order valence-electron chi connectivity index (χ3n) is 3.57. The van der Waals surface area contributed by atoms with Gasteiger partial charge in [0.05, 0.1) is 8.80 Å². The summed E-state index contributed by atoms with van der Waals surface area (Å²) in [5, 5.41) is 0.697. The lowest BCUT2D eigenvalue weighted by Gasteiger charge is -2.46. The Hall–Kier alpha value is 0.0469. The van der Waals surface area contributed by atoms with Gasteiger partial charge in [0.2, 0.25) is 0 Å². The Morgan fingerprint density at radius 2 is 1.83 bits per heavy atom. The van der Waals surface area contributed by atoms with E-state index >= 15 is 0 Å². The van der Waals surface area contributed by atoms with Crippen molar-refractivity contribution in [2.24, 2.45) is 5.41 Å². The number of hydrogen-bond acceptors (Lipinski definition) is 1. The van der Waals surface area contributed by atoms with Gasteiger partial charge in [-0.2, -0.15) is 11.8 Å². The Morgan fingerprint density at radius 3 is 2.22 bits per heavy atom. The van der Waals surface area contributed by atoms with E-state index in [-0.39, 0.29) is 5.41 Å². The quantitative estimate of drug-likeness (QED) is 0.617. The minimum absolute atomic E-state index is 0.277. The Balaban J connectivity index is 3.29. The summed E-state index contributed by atoms with van der Waals surface area (Å²) < 4.78 is 0.386. The van der Waals surface area contributed by atoms with Crippen LogP contribution >= 0.6 is 11.8 Å². The lowest BCUT2D eigenvalue weighted by atomic mass is 9.80. The standard InChI is InChI=1S/C16H29SSi/c1-12(2)17-16(18(7)8)10-9-13(3)11-14(16)15(4,5)6/h9,11-12H,10H2,1-8H3. The van der Waals surface area contributed by atoms with Crippen LogP contribution in [0.2, 0.25) is 13.1 Å². The highest BCUT2D eigenvalue weighted by Gasteiger charge is 2.44. The highest BCUT2D eigenvalue weighted by Crippen LogP contribution is 2.50. The predicted octanol–water partition coefficient (Wildman–Crippen LogP) is 5.48. The minimum Gasteiger partial charge on any atom is -0.151 e. The molecule has 0 N–H and O–H groups in total. The van der Waals surface area contributed by atoms with Crippen molar-refractivity contribution in [3.63, 3.8) is 0 Å². The molecule has 1 aliphatic rings. The lowest BCUT2D eigenvalue weighted by Crippen LogP contribution is -2.46. The maximum absolute atomic E-state index is 2.48. The Bertz CT molecular complexity index is 358. The molecule has 0 saturated carbocycles. The highest BCUT2D eigenvalue weighted by molar-refractivity contribution is 8.03. The molecule has 1 rings (SSSR count). The normalized spacial score (nSPS) is 25.4. The monoisotopic (exact) mass is 281 g/mol. The maximum atomic E-state index is 2.48. The molecule has 0 fully saturated rings. The maximum Gasteiger partial charge on any atom is 0.0672 e. The summed E-state index contributed by atoms with van der Waals surface area (Å²) in [5.41, 5.74) is 3.40. The first-order valence-electron chi connectivity index (χ1n) is 6.97. The zero-order valence-electron chi connectivity index (χ0n) is 13.3. The smallest absolute Gasteiger partial charge is 0.0672 e. The molecule has 0 aromatic heterocycles. The van der Waals surface area contributed by atoms with Crippen molar-refractivity contribution in [2.75, 3.05) is 0 Å². The van der Waals surface area contributed by atoms with Crippen molar-refractivity contribution < 1.29 is 0 Å². The van der Waals surface area contributed by atoms with Crippen LogP contribution in [0.5, 0.6) is 0 Å². The average molecular weight is 282 g/mol. The fourth-order valence-corrected chi connectivity index (χ4v) is 7.37. The molecule has 0 aliphatic heterocycles. The molecule has 2 heteroatoms. The number of thioether (sulfide) groups is 1. The zero-order valence-corrected chi connectivity index (χ0v) is 15.2. The molecule has 0 spiro atoms. The van der Waals surface area contributed by atoms with Gasteiger partial charge in [-0.1, -0.05) is 71.0 Å². The van der Waals surface area contributed by atoms with E-state index in [4.69, 9.17) is 0 Å². The summed E-state index contributed by atoms with van der Waals surface area (Å²) in [6, 6.07) is 0. The molecule has 0 aromatic rings. The fourth-order valence-electron chi connectivity index (χ4n) is 2.75. The fraction of sp³-hybridized carbons (Fsp3) is 0.750. The van der Waals surface area contributed by atoms with Gasteiger partial charge in [-0.05, 0) is 24.0 Å². The Morgan fingerprint density at radius 1 is 1.28 bits per heavy atom. The van der Waals surface area contributed by atoms with Crippen LogP contribution in [0.25, 0.3) is 0 Å². The van der Waals surface area contributed by atoms with Crippen molar-refractivity contribution in [3.8, 4) is 0 Å². The van der Waals surface area contributed by atoms with Crippen LogP contribution < -0.4 is 0 Å². The summed E-state index contributed by atoms with van der Waals surface area (Å²) in [4.78, 5) is 0. The highest BCUT2D eigenvalue weighted by atomic mass is 32.2. The number of rotatable bonds is 3. The molecule has 103 valence electrons. The van der Waals surface area contributed by atoms with Gasteiger partial charge >= 0.3 is 0 Å². The van der Waals surface area contributed by atoms with Crippen molar-refractivity contribution in [3.05, 3.63) is 23.3 Å². The summed E-state index contributed by atoms with van der Waals surface area (Å²) in [6.07, 6.45) is 6.14. The van der Waals surface area contributed by atoms with Gasteiger partial charge in [-0.25, -0.2) is 0 Å². The SMILES string of the molecule is CC1=CCC(SC(C)C)([Si](C)C)C(C(C)(C)C)=C1. The first-order valence-corrected chi connectivity index (χ1v) is 10.4. The van der Waals surface area contributed by atoms with Crippen LogP contribution in [-0.2, 0) is 0 Å². The lowest BCUT2D eigenvalue weighted by molar-refractivity contribution is 0.471. The van der Waals surface area contributed by atoms with Crippen LogP contribution in [0.3, 0.4) is 0 Å². The molecule has 0 saturated heterocycles. The molecule has 0 nitrogen and oxygen atoms in total. The van der Waals surface area contributed by atoms with Crippen LogP contribution in [0.4, 0.5) is 0 Å². The van der Waals surface area contributed by atoms with Crippen LogP contribution in [-0.4, -0.2) is 18.4 Å². The molecule has 0 heterocycles. The largest absolute Gasteiger partial charge is 0.151 e. The molecule has 0 bridgehead atoms. The number of allylic oxidation sites excluding steroid dienone is 3. The van der Waals surface area contributed by atoms with E-state index in [1.54, 1.807) is 5.57 Å². The third-order valence-corrected chi connectivity index (χ3v) is 8.50. The number of hydrogen-bond donors (Lipinski definition) is 0. The zero-order chi connectivity index (χ0) is 14.1. The molecule has 1 aliphatic carbocycles. The minimum atomic E-state index is -0.393. The van der Waals surface area contributed by atoms with E-state index < -0.39 is 8.80 Å². The summed E-state index contributed by atoms with van der Waals surface area (Å²) in [6.45, 7) is 19.0. The van der Waals surface area contributed by atoms with Crippen molar-refractivity contribution in [1.82, 2.24) is 0 Å². The van der Waals surface area contributed by atoms with Gasteiger partial charge in [-0.3, -0.25) is 0 Å². The second kappa shape index (κ2) is 5.58. The summed E-state index contributed by atoms with van der Waals surface area (Å²) in [7, 11) is -0.393. The summed E-state index contributed by atoms with van der Waals surface area (Å²) in [5.74, 6) is 0. The van der Waals surface area contributed by atoms with Crippen LogP contribution in [0.1, 0.15) is 48.0 Å². The van der Waals surface area contributed by atoms with E-state index in [1.165, 1.54) is 12.0 Å². The average Bonchev–Trinajstić information content (AvgIpc) is 2.18. The molecule has 18 heavy (non-hydrogen) atoms. The molecule has 1 unspecified atom stereocenters. The first-order chi connectivity index (χ1) is 8.09. The Labute approximate surface area is 120 Å². The van der Waals surface area contributed by atoms with Gasteiger partial charge in [-0.15, -0.1) is 0 Å². The molecule has 0 amide bonds. The topological polar surface area (TPSA) is 0 Å². The van der Waals surface area contributed by atoms with E-state index in [0.717, 1.165) is 0 Å². The molecule has 1 radical (unpaired) electrons. The van der Waals surface area contributed by atoms with E-state index in [9.17, 15) is 0 Å².